The maximum Gasteiger partial charge on any atom is 0.338 e. The fraction of sp³-hybridized carbons (Fsp3) is 0.222. The smallest absolute Gasteiger partial charge is 0.338 e. The zero-order valence-corrected chi connectivity index (χ0v) is 13.4. The number of benzene rings is 2. The minimum Gasteiger partial charge on any atom is -0.490 e. The van der Waals surface area contributed by atoms with E-state index in [0.29, 0.717) is 11.3 Å². The highest BCUT2D eigenvalue weighted by molar-refractivity contribution is 5.89. The van der Waals surface area contributed by atoms with Crippen LogP contribution in [0.1, 0.15) is 15.9 Å². The van der Waals surface area contributed by atoms with Gasteiger partial charge in [0.15, 0.2) is 6.61 Å². The van der Waals surface area contributed by atoms with Gasteiger partial charge in [-0.2, -0.15) is 0 Å². The zero-order chi connectivity index (χ0) is 17.4. The third-order valence-electron chi connectivity index (χ3n) is 3.14. The number of primary amides is 1. The van der Waals surface area contributed by atoms with Gasteiger partial charge >= 0.3 is 5.97 Å². The normalized spacial score (nSPS) is 10.0. The van der Waals surface area contributed by atoms with Gasteiger partial charge < -0.3 is 19.9 Å². The van der Waals surface area contributed by atoms with Gasteiger partial charge in [-0.25, -0.2) is 4.79 Å². The molecule has 0 saturated carbocycles. The highest BCUT2D eigenvalue weighted by Gasteiger charge is 2.08. The summed E-state index contributed by atoms with van der Waals surface area (Å²) < 4.78 is 15.8. The van der Waals surface area contributed by atoms with Crippen LogP contribution < -0.4 is 15.2 Å². The van der Waals surface area contributed by atoms with Gasteiger partial charge in [-0.3, -0.25) is 4.79 Å². The lowest BCUT2D eigenvalue weighted by Gasteiger charge is -2.09. The molecule has 0 spiro atoms. The molecule has 1 amide bonds. The number of esters is 1. The molecule has 0 bridgehead atoms. The van der Waals surface area contributed by atoms with E-state index in [4.69, 9.17) is 19.9 Å². The van der Waals surface area contributed by atoms with E-state index in [-0.39, 0.29) is 19.8 Å². The van der Waals surface area contributed by atoms with E-state index in [1.54, 1.807) is 24.3 Å². The van der Waals surface area contributed by atoms with Crippen molar-refractivity contribution >= 4 is 11.9 Å². The molecule has 2 rings (SSSR count). The second kappa shape index (κ2) is 8.57. The fourth-order valence-corrected chi connectivity index (χ4v) is 1.93. The fourth-order valence-electron chi connectivity index (χ4n) is 1.93. The Morgan fingerprint density at radius 2 is 1.67 bits per heavy atom. The first kappa shape index (κ1) is 17.3. The van der Waals surface area contributed by atoms with Crippen LogP contribution in [-0.4, -0.2) is 31.7 Å². The van der Waals surface area contributed by atoms with Gasteiger partial charge in [-0.1, -0.05) is 18.2 Å². The number of carbonyl (C=O) groups excluding carboxylic acids is 2. The van der Waals surface area contributed by atoms with Crippen molar-refractivity contribution in [2.24, 2.45) is 5.73 Å². The molecule has 0 saturated heterocycles. The number of amides is 1. The summed E-state index contributed by atoms with van der Waals surface area (Å²) >= 11 is 0. The standard InChI is InChI=1S/C18H19NO5/c1-13-4-2-3-5-16(13)22-10-11-23-18(21)14-6-8-15(9-7-14)24-12-17(19)20/h2-9H,10-12H2,1H3,(H2,19,20). The second-order valence-electron chi connectivity index (χ2n) is 5.03. The van der Waals surface area contributed by atoms with Gasteiger partial charge in [0.05, 0.1) is 5.56 Å². The molecule has 2 aromatic rings. The molecule has 6 nitrogen and oxygen atoms in total. The maximum atomic E-state index is 11.9. The van der Waals surface area contributed by atoms with Crippen LogP contribution in [0.25, 0.3) is 0 Å². The Bertz CT molecular complexity index is 697. The van der Waals surface area contributed by atoms with E-state index in [2.05, 4.69) is 0 Å². The van der Waals surface area contributed by atoms with Crippen molar-refractivity contribution in [3.63, 3.8) is 0 Å². The molecule has 0 aromatic heterocycles. The molecule has 0 unspecified atom stereocenters. The molecule has 0 atom stereocenters. The molecule has 0 aliphatic rings. The van der Waals surface area contributed by atoms with E-state index < -0.39 is 11.9 Å². The van der Waals surface area contributed by atoms with Crippen LogP contribution in [0.2, 0.25) is 0 Å². The van der Waals surface area contributed by atoms with E-state index in [1.165, 1.54) is 0 Å². The SMILES string of the molecule is Cc1ccccc1OCCOC(=O)c1ccc(OCC(N)=O)cc1. The summed E-state index contributed by atoms with van der Waals surface area (Å²) in [7, 11) is 0. The van der Waals surface area contributed by atoms with Crippen molar-refractivity contribution in [2.45, 2.75) is 6.92 Å². The van der Waals surface area contributed by atoms with Crippen LogP contribution in [0.4, 0.5) is 0 Å². The number of para-hydroxylation sites is 1. The van der Waals surface area contributed by atoms with Crippen molar-refractivity contribution in [1.29, 1.82) is 0 Å². The lowest BCUT2D eigenvalue weighted by atomic mass is 10.2. The number of nitrogens with two attached hydrogens (primary N) is 1. The highest BCUT2D eigenvalue weighted by atomic mass is 16.6. The van der Waals surface area contributed by atoms with Crippen molar-refractivity contribution in [3.8, 4) is 11.5 Å². The summed E-state index contributed by atoms with van der Waals surface area (Å²) in [6, 6.07) is 13.9. The molecular weight excluding hydrogens is 310 g/mol. The Morgan fingerprint density at radius 3 is 2.33 bits per heavy atom. The average molecular weight is 329 g/mol. The van der Waals surface area contributed by atoms with Crippen LogP contribution in [-0.2, 0) is 9.53 Å². The van der Waals surface area contributed by atoms with Gasteiger partial charge in [0.2, 0.25) is 0 Å². The summed E-state index contributed by atoms with van der Waals surface area (Å²) in [5, 5.41) is 0. The van der Waals surface area contributed by atoms with Gasteiger partial charge in [0.1, 0.15) is 24.7 Å². The average Bonchev–Trinajstić information content (AvgIpc) is 2.58. The molecule has 2 N–H and O–H groups in total. The van der Waals surface area contributed by atoms with Gasteiger partial charge in [0.25, 0.3) is 5.91 Å². The third kappa shape index (κ3) is 5.31. The number of ether oxygens (including phenoxy) is 3. The molecule has 0 aliphatic carbocycles. The van der Waals surface area contributed by atoms with Crippen molar-refractivity contribution < 1.29 is 23.8 Å². The lowest BCUT2D eigenvalue weighted by Crippen LogP contribution is -2.20. The number of hydrogen-bond acceptors (Lipinski definition) is 5. The molecule has 0 radical (unpaired) electrons. The Labute approximate surface area is 140 Å². The number of rotatable bonds is 8. The minimum absolute atomic E-state index is 0.146. The van der Waals surface area contributed by atoms with Crippen molar-refractivity contribution in [3.05, 3.63) is 59.7 Å². The second-order valence-corrected chi connectivity index (χ2v) is 5.03. The van der Waals surface area contributed by atoms with Crippen LogP contribution >= 0.6 is 0 Å². The third-order valence-corrected chi connectivity index (χ3v) is 3.14. The van der Waals surface area contributed by atoms with E-state index >= 15 is 0 Å². The number of carbonyl (C=O) groups is 2. The molecule has 126 valence electrons. The topological polar surface area (TPSA) is 87.8 Å². The number of hydrogen-bond donors (Lipinski definition) is 1. The molecule has 2 aromatic carbocycles. The molecule has 24 heavy (non-hydrogen) atoms. The summed E-state index contributed by atoms with van der Waals surface area (Å²) in [6.07, 6.45) is 0. The van der Waals surface area contributed by atoms with Crippen molar-refractivity contribution in [2.75, 3.05) is 19.8 Å². The Balaban J connectivity index is 1.76. The first-order chi connectivity index (χ1) is 11.6. The molecule has 0 aliphatic heterocycles. The minimum atomic E-state index is -0.563. The highest BCUT2D eigenvalue weighted by Crippen LogP contribution is 2.16. The first-order valence-electron chi connectivity index (χ1n) is 7.43. The summed E-state index contributed by atoms with van der Waals surface area (Å²) in [4.78, 5) is 22.5. The quantitative estimate of drug-likeness (QED) is 0.592. The van der Waals surface area contributed by atoms with Gasteiger partial charge in [-0.15, -0.1) is 0 Å². The van der Waals surface area contributed by atoms with Crippen LogP contribution in [0.15, 0.2) is 48.5 Å². The van der Waals surface area contributed by atoms with Crippen LogP contribution in [0, 0.1) is 6.92 Å². The van der Waals surface area contributed by atoms with Gasteiger partial charge in [0, 0.05) is 0 Å². The monoisotopic (exact) mass is 329 g/mol. The molecule has 6 heteroatoms. The Kier molecular flexibility index (Phi) is 6.19. The maximum absolute atomic E-state index is 11.9. The zero-order valence-electron chi connectivity index (χ0n) is 13.4. The van der Waals surface area contributed by atoms with Gasteiger partial charge in [-0.05, 0) is 42.8 Å². The van der Waals surface area contributed by atoms with Crippen LogP contribution in [0.3, 0.4) is 0 Å². The predicted octanol–water partition coefficient (Wildman–Crippen LogP) is 2.09. The molecule has 0 heterocycles. The predicted molar refractivity (Wildman–Crippen MR) is 88.1 cm³/mol. The van der Waals surface area contributed by atoms with Crippen molar-refractivity contribution in [1.82, 2.24) is 0 Å². The number of aryl methyl sites for hydroxylation is 1. The Hall–Kier alpha value is -3.02. The molecule has 0 fully saturated rings. The largest absolute Gasteiger partial charge is 0.490 e. The molecular formula is C18H19NO5. The van der Waals surface area contributed by atoms with Crippen LogP contribution in [0.5, 0.6) is 11.5 Å². The summed E-state index contributed by atoms with van der Waals surface area (Å²) in [6.45, 7) is 2.16. The lowest BCUT2D eigenvalue weighted by molar-refractivity contribution is -0.119. The van der Waals surface area contributed by atoms with E-state index in [9.17, 15) is 9.59 Å². The Morgan fingerprint density at radius 1 is 0.958 bits per heavy atom. The summed E-state index contributed by atoms with van der Waals surface area (Å²) in [5.41, 5.74) is 6.40. The van der Waals surface area contributed by atoms with E-state index in [0.717, 1.165) is 11.3 Å². The first-order valence-corrected chi connectivity index (χ1v) is 7.43. The summed E-state index contributed by atoms with van der Waals surface area (Å²) in [5.74, 6) is 0.203. The van der Waals surface area contributed by atoms with E-state index in [1.807, 2.05) is 31.2 Å².